The van der Waals surface area contributed by atoms with Crippen LogP contribution in [0.5, 0.6) is 0 Å². The number of thiophene rings is 1. The second kappa shape index (κ2) is 3.73. The van der Waals surface area contributed by atoms with E-state index in [1.807, 2.05) is 12.1 Å². The molecule has 2 rings (SSSR count). The Labute approximate surface area is 90.5 Å². The topological polar surface area (TPSA) is 52.0 Å². The lowest BCUT2D eigenvalue weighted by Gasteiger charge is -1.92. The van der Waals surface area contributed by atoms with Gasteiger partial charge in [-0.15, -0.1) is 11.3 Å². The van der Waals surface area contributed by atoms with Crippen molar-refractivity contribution in [3.8, 4) is 10.6 Å². The molecule has 5 heteroatoms. The fourth-order valence-corrected chi connectivity index (χ4v) is 2.29. The minimum Gasteiger partial charge on any atom is -0.444 e. The molecule has 0 saturated carbocycles. The molecule has 0 radical (unpaired) electrons. The molecule has 74 valence electrons. The lowest BCUT2D eigenvalue weighted by molar-refractivity contribution is 0.477. The van der Waals surface area contributed by atoms with Gasteiger partial charge in [0.05, 0.1) is 15.8 Å². The maximum absolute atomic E-state index is 5.84. The highest BCUT2D eigenvalue weighted by Crippen LogP contribution is 2.32. The van der Waals surface area contributed by atoms with E-state index in [4.69, 9.17) is 21.8 Å². The van der Waals surface area contributed by atoms with Crippen molar-refractivity contribution >= 4 is 22.9 Å². The summed E-state index contributed by atoms with van der Waals surface area (Å²) in [6, 6.07) is 3.76. The Hall–Kier alpha value is -0.840. The van der Waals surface area contributed by atoms with Crippen LogP contribution in [0, 0.1) is 6.92 Å². The molecule has 0 amide bonds. The Bertz CT molecular complexity index is 449. The van der Waals surface area contributed by atoms with Crippen LogP contribution in [0.4, 0.5) is 0 Å². The second-order valence-corrected chi connectivity index (χ2v) is 4.53. The average Bonchev–Trinajstić information content (AvgIpc) is 2.71. The lowest BCUT2D eigenvalue weighted by atomic mass is 10.3. The minimum absolute atomic E-state index is 0.353. The van der Waals surface area contributed by atoms with Gasteiger partial charge in [0, 0.05) is 6.92 Å². The molecule has 0 fully saturated rings. The molecular weight excluding hydrogens is 220 g/mol. The summed E-state index contributed by atoms with van der Waals surface area (Å²) in [5.41, 5.74) is 6.35. The summed E-state index contributed by atoms with van der Waals surface area (Å²) < 4.78 is 6.09. The van der Waals surface area contributed by atoms with Gasteiger partial charge in [0.1, 0.15) is 11.5 Å². The summed E-state index contributed by atoms with van der Waals surface area (Å²) in [6.07, 6.45) is 0. The molecule has 2 aromatic heterocycles. The number of nitrogens with zero attached hydrogens (tertiary/aromatic N) is 1. The highest BCUT2D eigenvalue weighted by atomic mass is 35.5. The number of aryl methyl sites for hydroxylation is 1. The van der Waals surface area contributed by atoms with E-state index in [0.717, 1.165) is 14.9 Å². The SMILES string of the molecule is Cc1nc(-c2ccc(Cl)s2)c(CN)o1. The summed E-state index contributed by atoms with van der Waals surface area (Å²) in [5.74, 6) is 1.34. The van der Waals surface area contributed by atoms with E-state index < -0.39 is 0 Å². The highest BCUT2D eigenvalue weighted by Gasteiger charge is 2.13. The van der Waals surface area contributed by atoms with Gasteiger partial charge in [0.2, 0.25) is 0 Å². The third kappa shape index (κ3) is 1.68. The molecule has 0 spiro atoms. The molecular formula is C9H9ClN2OS. The number of halogens is 1. The van der Waals surface area contributed by atoms with Gasteiger partial charge in [0.25, 0.3) is 0 Å². The summed E-state index contributed by atoms with van der Waals surface area (Å²) in [7, 11) is 0. The van der Waals surface area contributed by atoms with E-state index in [0.29, 0.717) is 18.2 Å². The highest BCUT2D eigenvalue weighted by molar-refractivity contribution is 7.19. The molecule has 2 heterocycles. The third-order valence-electron chi connectivity index (χ3n) is 1.80. The van der Waals surface area contributed by atoms with Gasteiger partial charge in [0.15, 0.2) is 5.89 Å². The van der Waals surface area contributed by atoms with Gasteiger partial charge >= 0.3 is 0 Å². The predicted molar refractivity (Wildman–Crippen MR) is 57.5 cm³/mol. The van der Waals surface area contributed by atoms with E-state index in [2.05, 4.69) is 4.98 Å². The zero-order chi connectivity index (χ0) is 10.1. The first-order chi connectivity index (χ1) is 6.70. The molecule has 0 bridgehead atoms. The molecule has 0 atom stereocenters. The number of hydrogen-bond acceptors (Lipinski definition) is 4. The molecule has 0 aliphatic rings. The van der Waals surface area contributed by atoms with Gasteiger partial charge in [-0.1, -0.05) is 11.6 Å². The first kappa shape index (κ1) is 9.71. The Kier molecular flexibility index (Phi) is 2.58. The Morgan fingerprint density at radius 2 is 2.36 bits per heavy atom. The number of hydrogen-bond donors (Lipinski definition) is 1. The second-order valence-electron chi connectivity index (χ2n) is 2.81. The number of oxazole rings is 1. The van der Waals surface area contributed by atoms with Crippen LogP contribution in [-0.2, 0) is 6.54 Å². The van der Waals surface area contributed by atoms with Gasteiger partial charge in [-0.3, -0.25) is 0 Å². The zero-order valence-corrected chi connectivity index (χ0v) is 9.15. The van der Waals surface area contributed by atoms with E-state index in [-0.39, 0.29) is 0 Å². The van der Waals surface area contributed by atoms with Crippen LogP contribution in [0.3, 0.4) is 0 Å². The van der Waals surface area contributed by atoms with Crippen LogP contribution in [-0.4, -0.2) is 4.98 Å². The maximum atomic E-state index is 5.84. The van der Waals surface area contributed by atoms with E-state index in [9.17, 15) is 0 Å². The Morgan fingerprint density at radius 3 is 2.93 bits per heavy atom. The monoisotopic (exact) mass is 228 g/mol. The van der Waals surface area contributed by atoms with Crippen LogP contribution in [0.1, 0.15) is 11.7 Å². The molecule has 3 nitrogen and oxygen atoms in total. The molecule has 2 aromatic rings. The summed E-state index contributed by atoms with van der Waals surface area (Å²) in [6.45, 7) is 2.16. The van der Waals surface area contributed by atoms with E-state index in [1.165, 1.54) is 11.3 Å². The van der Waals surface area contributed by atoms with Gasteiger partial charge in [-0.05, 0) is 12.1 Å². The third-order valence-corrected chi connectivity index (χ3v) is 3.03. The summed E-state index contributed by atoms with van der Waals surface area (Å²) in [4.78, 5) is 5.26. The lowest BCUT2D eigenvalue weighted by Crippen LogP contribution is -1.95. The molecule has 0 aliphatic carbocycles. The zero-order valence-electron chi connectivity index (χ0n) is 7.58. The van der Waals surface area contributed by atoms with Crippen molar-refractivity contribution in [3.63, 3.8) is 0 Å². The summed E-state index contributed by atoms with van der Waals surface area (Å²) in [5, 5.41) is 0. The van der Waals surface area contributed by atoms with Crippen LogP contribution in [0.2, 0.25) is 4.34 Å². The predicted octanol–water partition coefficient (Wildman–Crippen LogP) is 2.82. The average molecular weight is 229 g/mol. The number of aromatic nitrogens is 1. The Balaban J connectivity index is 2.49. The van der Waals surface area contributed by atoms with Crippen LogP contribution in [0.25, 0.3) is 10.6 Å². The molecule has 14 heavy (non-hydrogen) atoms. The van der Waals surface area contributed by atoms with Crippen molar-refractivity contribution in [2.24, 2.45) is 5.73 Å². The quantitative estimate of drug-likeness (QED) is 0.860. The first-order valence-electron chi connectivity index (χ1n) is 4.13. The Morgan fingerprint density at radius 1 is 1.57 bits per heavy atom. The van der Waals surface area contributed by atoms with Crippen molar-refractivity contribution in [1.29, 1.82) is 0 Å². The van der Waals surface area contributed by atoms with Crippen LogP contribution in [0.15, 0.2) is 16.5 Å². The molecule has 0 unspecified atom stereocenters. The molecule has 0 aromatic carbocycles. The van der Waals surface area contributed by atoms with Crippen molar-refractivity contribution < 1.29 is 4.42 Å². The minimum atomic E-state index is 0.353. The van der Waals surface area contributed by atoms with Crippen LogP contribution >= 0.6 is 22.9 Å². The number of rotatable bonds is 2. The summed E-state index contributed by atoms with van der Waals surface area (Å²) >= 11 is 7.31. The largest absolute Gasteiger partial charge is 0.444 e. The fraction of sp³-hybridized carbons (Fsp3) is 0.222. The van der Waals surface area contributed by atoms with E-state index in [1.54, 1.807) is 6.92 Å². The van der Waals surface area contributed by atoms with Crippen LogP contribution < -0.4 is 5.73 Å². The smallest absolute Gasteiger partial charge is 0.191 e. The molecule has 0 saturated heterocycles. The van der Waals surface area contributed by atoms with Gasteiger partial charge in [-0.25, -0.2) is 4.98 Å². The van der Waals surface area contributed by atoms with Crippen molar-refractivity contribution in [3.05, 3.63) is 28.1 Å². The molecule has 0 aliphatic heterocycles. The van der Waals surface area contributed by atoms with Crippen molar-refractivity contribution in [2.75, 3.05) is 0 Å². The van der Waals surface area contributed by atoms with Gasteiger partial charge < -0.3 is 10.2 Å². The normalized spacial score (nSPS) is 10.8. The molecule has 2 N–H and O–H groups in total. The van der Waals surface area contributed by atoms with Crippen molar-refractivity contribution in [1.82, 2.24) is 4.98 Å². The van der Waals surface area contributed by atoms with Gasteiger partial charge in [-0.2, -0.15) is 0 Å². The standard InChI is InChI=1S/C9H9ClN2OS/c1-5-12-9(6(4-11)13-5)7-2-3-8(10)14-7/h2-3H,4,11H2,1H3. The number of nitrogens with two attached hydrogens (primary N) is 1. The fourth-order valence-electron chi connectivity index (χ4n) is 1.24. The first-order valence-corrected chi connectivity index (χ1v) is 5.32. The maximum Gasteiger partial charge on any atom is 0.191 e. The van der Waals surface area contributed by atoms with E-state index >= 15 is 0 Å². The van der Waals surface area contributed by atoms with Crippen molar-refractivity contribution in [2.45, 2.75) is 13.5 Å².